The molecule has 0 N–H and O–H groups in total. The summed E-state index contributed by atoms with van der Waals surface area (Å²) >= 11 is 0. The van der Waals surface area contributed by atoms with Gasteiger partial charge in [-0.2, -0.15) is 0 Å². The summed E-state index contributed by atoms with van der Waals surface area (Å²) < 4.78 is 15.9. The molecule has 3 aromatic rings. The van der Waals surface area contributed by atoms with Crippen LogP contribution in [0.4, 0.5) is 10.1 Å². The Hall–Kier alpha value is -4.14. The second-order valence-corrected chi connectivity index (χ2v) is 7.15. The number of para-hydroxylation sites is 1. The van der Waals surface area contributed by atoms with Crippen molar-refractivity contribution in [3.8, 4) is 5.69 Å². The smallest absolute Gasteiger partial charge is 0.282 e. The zero-order valence-electron chi connectivity index (χ0n) is 16.6. The molecule has 0 aliphatic carbocycles. The molecule has 0 radical (unpaired) electrons. The fraction of sp³-hybridized carbons (Fsp3) is 0.136. The number of aryl methyl sites for hydroxylation is 1. The average Bonchev–Trinajstić information content (AvgIpc) is 3.16. The first kappa shape index (κ1) is 20.1. The monoisotopic (exact) mass is 421 g/mol. The molecule has 0 atom stereocenters. The molecule has 0 spiro atoms. The number of aromatic nitrogens is 1. The Bertz CT molecular complexity index is 1290. The topological polar surface area (TPSA) is 103 Å². The molecule has 0 saturated heterocycles. The first-order valence-corrected chi connectivity index (χ1v) is 9.33. The van der Waals surface area contributed by atoms with E-state index in [1.807, 2.05) is 0 Å². The van der Waals surface area contributed by atoms with Crippen LogP contribution in [0.15, 0.2) is 48.5 Å². The van der Waals surface area contributed by atoms with E-state index in [2.05, 4.69) is 0 Å². The summed E-state index contributed by atoms with van der Waals surface area (Å²) in [4.78, 5) is 49.5. The third kappa shape index (κ3) is 3.10. The molecule has 2 heterocycles. The number of nitro groups is 1. The van der Waals surface area contributed by atoms with E-state index < -0.39 is 40.6 Å². The number of imide groups is 1. The molecule has 156 valence electrons. The molecule has 0 bridgehead atoms. The van der Waals surface area contributed by atoms with Crippen molar-refractivity contribution in [2.45, 2.75) is 13.8 Å². The van der Waals surface area contributed by atoms with Gasteiger partial charge >= 0.3 is 0 Å². The van der Waals surface area contributed by atoms with E-state index in [4.69, 9.17) is 0 Å². The minimum absolute atomic E-state index is 0.108. The molecule has 1 aromatic heterocycles. The van der Waals surface area contributed by atoms with Crippen molar-refractivity contribution >= 4 is 23.3 Å². The number of carbonyl (C=O) groups is 3. The second kappa shape index (κ2) is 7.28. The number of carbonyl (C=O) groups excluding carboxylic acids is 3. The Labute approximate surface area is 175 Å². The number of amides is 2. The van der Waals surface area contributed by atoms with Crippen LogP contribution in [0.25, 0.3) is 5.69 Å². The molecule has 0 unspecified atom stereocenters. The highest BCUT2D eigenvalue weighted by atomic mass is 19.1. The van der Waals surface area contributed by atoms with Crippen LogP contribution < -0.4 is 0 Å². The van der Waals surface area contributed by atoms with Gasteiger partial charge in [0, 0.05) is 23.0 Å². The van der Waals surface area contributed by atoms with E-state index in [0.717, 1.165) is 6.07 Å². The summed E-state index contributed by atoms with van der Waals surface area (Å²) in [6.45, 7) is 2.77. The fourth-order valence-electron chi connectivity index (χ4n) is 3.89. The lowest BCUT2D eigenvalue weighted by atomic mass is 10.1. The molecule has 1 aliphatic heterocycles. The van der Waals surface area contributed by atoms with Crippen molar-refractivity contribution in [2.24, 2.45) is 0 Å². The largest absolute Gasteiger partial charge is 0.315 e. The van der Waals surface area contributed by atoms with Gasteiger partial charge in [0.15, 0.2) is 5.78 Å². The first-order chi connectivity index (χ1) is 14.7. The highest BCUT2D eigenvalue weighted by Crippen LogP contribution is 2.31. The fourth-order valence-corrected chi connectivity index (χ4v) is 3.89. The van der Waals surface area contributed by atoms with Gasteiger partial charge in [0.1, 0.15) is 11.4 Å². The third-order valence-corrected chi connectivity index (χ3v) is 5.30. The average molecular weight is 421 g/mol. The van der Waals surface area contributed by atoms with Crippen molar-refractivity contribution in [1.29, 1.82) is 0 Å². The van der Waals surface area contributed by atoms with Crippen molar-refractivity contribution in [2.75, 3.05) is 6.54 Å². The minimum Gasteiger partial charge on any atom is -0.315 e. The van der Waals surface area contributed by atoms with Crippen LogP contribution in [0.3, 0.4) is 0 Å². The van der Waals surface area contributed by atoms with Gasteiger partial charge in [0.25, 0.3) is 17.5 Å². The van der Waals surface area contributed by atoms with Crippen molar-refractivity contribution in [3.05, 3.63) is 92.5 Å². The number of hydrogen-bond donors (Lipinski definition) is 0. The highest BCUT2D eigenvalue weighted by molar-refractivity contribution is 6.24. The predicted octanol–water partition coefficient (Wildman–Crippen LogP) is 3.62. The number of halogens is 1. The number of nitro benzene ring substituents is 1. The third-order valence-electron chi connectivity index (χ3n) is 5.30. The van der Waals surface area contributed by atoms with Gasteiger partial charge < -0.3 is 4.57 Å². The molecular weight excluding hydrogens is 405 g/mol. The maximum Gasteiger partial charge on any atom is 0.282 e. The van der Waals surface area contributed by atoms with Crippen molar-refractivity contribution < 1.29 is 23.7 Å². The van der Waals surface area contributed by atoms with Gasteiger partial charge in [0.2, 0.25) is 0 Å². The van der Waals surface area contributed by atoms with Crippen molar-refractivity contribution in [3.63, 3.8) is 0 Å². The first-order valence-electron chi connectivity index (χ1n) is 9.33. The number of hydrogen-bond acceptors (Lipinski definition) is 5. The molecule has 0 fully saturated rings. The summed E-state index contributed by atoms with van der Waals surface area (Å²) in [6, 6.07) is 11.4. The number of nitrogens with zero attached hydrogens (tertiary/aromatic N) is 3. The molecule has 8 nitrogen and oxygen atoms in total. The molecule has 2 aromatic carbocycles. The molecule has 1 aliphatic rings. The Kier molecular flexibility index (Phi) is 4.73. The van der Waals surface area contributed by atoms with Crippen LogP contribution in [0.5, 0.6) is 0 Å². The number of rotatable bonds is 5. The molecule has 2 amide bonds. The Balaban J connectivity index is 1.67. The zero-order chi connectivity index (χ0) is 22.4. The lowest BCUT2D eigenvalue weighted by Gasteiger charge is -2.13. The van der Waals surface area contributed by atoms with Crippen LogP contribution in [0, 0.1) is 29.8 Å². The van der Waals surface area contributed by atoms with Crippen LogP contribution in [-0.2, 0) is 0 Å². The van der Waals surface area contributed by atoms with Gasteiger partial charge in [-0.05, 0) is 38.1 Å². The van der Waals surface area contributed by atoms with Gasteiger partial charge in [-0.25, -0.2) is 4.39 Å². The second-order valence-electron chi connectivity index (χ2n) is 7.15. The predicted molar refractivity (Wildman–Crippen MR) is 108 cm³/mol. The lowest BCUT2D eigenvalue weighted by Crippen LogP contribution is -2.35. The number of ketones is 1. The summed E-state index contributed by atoms with van der Waals surface area (Å²) in [7, 11) is 0. The number of fused-ring (bicyclic) bond motifs is 1. The van der Waals surface area contributed by atoms with E-state index in [-0.39, 0.29) is 22.4 Å². The van der Waals surface area contributed by atoms with Crippen LogP contribution in [-0.4, -0.2) is 38.5 Å². The number of Topliss-reactive ketones (excluding diaryl/α,β-unsaturated/α-hetero) is 1. The summed E-state index contributed by atoms with van der Waals surface area (Å²) in [5.41, 5.74) is 0.647. The van der Waals surface area contributed by atoms with Crippen LogP contribution in [0.2, 0.25) is 0 Å². The lowest BCUT2D eigenvalue weighted by molar-refractivity contribution is -0.385. The normalized spacial score (nSPS) is 12.9. The summed E-state index contributed by atoms with van der Waals surface area (Å²) in [6.07, 6.45) is 0. The van der Waals surface area contributed by atoms with Gasteiger partial charge in [-0.1, -0.05) is 18.2 Å². The van der Waals surface area contributed by atoms with Gasteiger partial charge in [-0.3, -0.25) is 29.4 Å². The van der Waals surface area contributed by atoms with Gasteiger partial charge in [-0.15, -0.1) is 0 Å². The summed E-state index contributed by atoms with van der Waals surface area (Å²) in [5.74, 6) is -2.65. The number of benzene rings is 2. The van der Waals surface area contributed by atoms with E-state index in [1.54, 1.807) is 42.7 Å². The SMILES string of the molecule is Cc1cc(C(=O)CN2C(=O)c3cccc([N+](=O)[O-])c3C2=O)c(C)n1-c1ccccc1F. The van der Waals surface area contributed by atoms with Gasteiger partial charge in [0.05, 0.1) is 22.7 Å². The highest BCUT2D eigenvalue weighted by Gasteiger charge is 2.42. The molecule has 0 saturated carbocycles. The van der Waals surface area contributed by atoms with Crippen molar-refractivity contribution in [1.82, 2.24) is 9.47 Å². The Morgan fingerprint density at radius 3 is 2.45 bits per heavy atom. The van der Waals surface area contributed by atoms with Crippen LogP contribution >= 0.6 is 0 Å². The van der Waals surface area contributed by atoms with E-state index in [9.17, 15) is 28.9 Å². The quantitative estimate of drug-likeness (QED) is 0.271. The standard InChI is InChI=1S/C22H16FN3O5/c1-12-10-15(13(2)25(12)17-8-4-3-7-16(17)23)19(27)11-24-21(28)14-6-5-9-18(26(30)31)20(14)22(24)29/h3-10H,11H2,1-2H3. The van der Waals surface area contributed by atoms with E-state index in [1.165, 1.54) is 18.2 Å². The molecule has 31 heavy (non-hydrogen) atoms. The molecule has 9 heteroatoms. The van der Waals surface area contributed by atoms with E-state index in [0.29, 0.717) is 16.3 Å². The van der Waals surface area contributed by atoms with Crippen LogP contribution in [0.1, 0.15) is 42.5 Å². The Morgan fingerprint density at radius 2 is 1.77 bits per heavy atom. The summed E-state index contributed by atoms with van der Waals surface area (Å²) in [5, 5.41) is 11.2. The Morgan fingerprint density at radius 1 is 1.06 bits per heavy atom. The zero-order valence-corrected chi connectivity index (χ0v) is 16.6. The maximum absolute atomic E-state index is 14.3. The minimum atomic E-state index is -0.886. The molecular formula is C22H16FN3O5. The maximum atomic E-state index is 14.3. The molecule has 4 rings (SSSR count). The van der Waals surface area contributed by atoms with E-state index >= 15 is 0 Å².